The Labute approximate surface area is 397 Å². The van der Waals surface area contributed by atoms with Crippen LogP contribution in [0.15, 0.2) is 208 Å². The van der Waals surface area contributed by atoms with Crippen LogP contribution in [0.1, 0.15) is 31.5 Å². The maximum atomic E-state index is 10.3. The van der Waals surface area contributed by atoms with Gasteiger partial charge in [-0.2, -0.15) is 9.97 Å². The summed E-state index contributed by atoms with van der Waals surface area (Å²) in [6.45, 7) is 0. The Morgan fingerprint density at radius 1 is 0.406 bits per heavy atom. The number of rotatable bonds is 5. The van der Waals surface area contributed by atoms with E-state index in [1.807, 2.05) is 0 Å². The summed E-state index contributed by atoms with van der Waals surface area (Å²) in [6.07, 6.45) is 0. The average Bonchev–Trinajstić information content (AvgIpc) is 1.73. The quantitative estimate of drug-likeness (QED) is 0.173. The molecule has 64 heavy (non-hydrogen) atoms. The molecule has 298 valence electrons. The summed E-state index contributed by atoms with van der Waals surface area (Å²) in [5, 5.41) is 0.594. The summed E-state index contributed by atoms with van der Waals surface area (Å²) in [4.78, 5) is 14.6. The van der Waals surface area contributed by atoms with Crippen molar-refractivity contribution in [3.63, 3.8) is 0 Å². The van der Waals surface area contributed by atoms with E-state index >= 15 is 0 Å². The van der Waals surface area contributed by atoms with E-state index in [0.717, 1.165) is 0 Å². The van der Waals surface area contributed by atoms with E-state index in [1.54, 1.807) is 60.7 Å². The molecule has 0 saturated heterocycles. The van der Waals surface area contributed by atoms with E-state index in [0.29, 0.717) is 32.6 Å². The fraction of sp³-hybridized carbons (Fsp3) is 0. The SMILES string of the molecule is [2H]c1c([2H])c([2H])c(-c2nc(-c3c([2H])c([2H])c([2H])c4oc5c([2H])c([2H])c([2H])c([2H])c5c34)nc(-n3c4ccccc4c4ccc5c6ccccc6n(-c6c([2H])c(-c7c([2H])c([2H])c([2H])c([2H])c7[2H])c([2H])c7c6oc6c([2H])c([2H])c([2H])c([2H])c67)c5c43)n2)c([2H])c1[2H]. The van der Waals surface area contributed by atoms with Gasteiger partial charge in [0.2, 0.25) is 5.95 Å². The van der Waals surface area contributed by atoms with Gasteiger partial charge < -0.3 is 13.4 Å². The van der Waals surface area contributed by atoms with Gasteiger partial charge >= 0.3 is 0 Å². The number of fused-ring (bicyclic) bond motifs is 13. The molecule has 9 aromatic carbocycles. The molecule has 0 atom stereocenters. The van der Waals surface area contributed by atoms with Crippen molar-refractivity contribution in [2.75, 3.05) is 0 Å². The standard InChI is InChI=1S/C57H33N5O2/c1-3-16-34(17-4-1)36-32-44-39-22-9-13-27-48(39)64-54(44)47(33-36)61-45-25-11-7-20-37(45)40-30-31-41-38-21-8-12-26-46(38)62(53(41)52(40)61)57-59-55(35-18-5-2-6-19-35)58-56(60-57)43-24-15-29-50-51(43)42-23-10-14-28-49(42)63-50/h1-33H/i1D,2D,3D,4D,5D,6D,9D,10D,13D,14D,15D,16D,17D,18D,19D,22D,23D,24D,27D,28D,29D,32D,33D. The van der Waals surface area contributed by atoms with Crippen LogP contribution in [0.2, 0.25) is 0 Å². The van der Waals surface area contributed by atoms with E-state index in [4.69, 9.17) is 42.1 Å². The van der Waals surface area contributed by atoms with Crippen molar-refractivity contribution in [3.8, 4) is 45.5 Å². The minimum absolute atomic E-state index is 0.170. The van der Waals surface area contributed by atoms with Gasteiger partial charge in [-0.05, 0) is 53.5 Å². The van der Waals surface area contributed by atoms with Crippen LogP contribution in [0.25, 0.3) is 133 Å². The summed E-state index contributed by atoms with van der Waals surface area (Å²) in [6, 6.07) is 0.425. The highest BCUT2D eigenvalue weighted by Gasteiger charge is 2.26. The van der Waals surface area contributed by atoms with Crippen LogP contribution in [0.3, 0.4) is 0 Å². The number of aromatic nitrogens is 5. The zero-order valence-corrected chi connectivity index (χ0v) is 32.3. The highest BCUT2D eigenvalue weighted by atomic mass is 16.3. The molecular weight excluding hydrogens is 787 g/mol. The molecule has 0 aliphatic rings. The molecule has 7 heteroatoms. The third kappa shape index (κ3) is 5.00. The Balaban J connectivity index is 1.22. The second kappa shape index (κ2) is 13.3. The van der Waals surface area contributed by atoms with Gasteiger partial charge in [0, 0.05) is 54.2 Å². The number of hydrogen-bond acceptors (Lipinski definition) is 5. The van der Waals surface area contributed by atoms with Crippen molar-refractivity contribution >= 4 is 87.5 Å². The normalized spacial score (nSPS) is 17.1. The Bertz CT molecular complexity index is 5540. The van der Waals surface area contributed by atoms with Crippen molar-refractivity contribution in [2.45, 2.75) is 0 Å². The van der Waals surface area contributed by atoms with E-state index in [9.17, 15) is 8.22 Å². The van der Waals surface area contributed by atoms with Crippen molar-refractivity contribution in [1.29, 1.82) is 0 Å². The molecule has 7 nitrogen and oxygen atoms in total. The highest BCUT2D eigenvalue weighted by Crippen LogP contribution is 2.45. The molecule has 0 amide bonds. The molecular formula is C57H33N5O2. The molecule has 14 rings (SSSR count). The number of hydrogen-bond donors (Lipinski definition) is 0. The lowest BCUT2D eigenvalue weighted by Gasteiger charge is -2.14. The lowest BCUT2D eigenvalue weighted by atomic mass is 10.0. The van der Waals surface area contributed by atoms with E-state index in [2.05, 4.69) is 4.98 Å². The first-order valence-corrected chi connectivity index (χ1v) is 19.6. The predicted molar refractivity (Wildman–Crippen MR) is 259 cm³/mol. The molecule has 0 radical (unpaired) electrons. The van der Waals surface area contributed by atoms with Gasteiger partial charge in [-0.15, -0.1) is 0 Å². The smallest absolute Gasteiger partial charge is 0.238 e. The molecule has 0 N–H and O–H groups in total. The van der Waals surface area contributed by atoms with Crippen LogP contribution >= 0.6 is 0 Å². The first-order valence-electron chi connectivity index (χ1n) is 31.1. The number of furan rings is 2. The van der Waals surface area contributed by atoms with Gasteiger partial charge in [-0.25, -0.2) is 4.98 Å². The molecule has 0 saturated carbocycles. The molecule has 14 aromatic rings. The fourth-order valence-corrected chi connectivity index (χ4v) is 8.61. The third-order valence-electron chi connectivity index (χ3n) is 11.2. The summed E-state index contributed by atoms with van der Waals surface area (Å²) in [5.74, 6) is -1.57. The Morgan fingerprint density at radius 3 is 1.75 bits per heavy atom. The molecule has 0 bridgehead atoms. The van der Waals surface area contributed by atoms with Crippen LogP contribution in [0, 0.1) is 0 Å². The van der Waals surface area contributed by atoms with Crippen LogP contribution in [0.5, 0.6) is 0 Å². The average molecular weight is 843 g/mol. The van der Waals surface area contributed by atoms with Gasteiger partial charge in [0.15, 0.2) is 17.2 Å². The summed E-state index contributed by atoms with van der Waals surface area (Å²) in [5.41, 5.74) is -3.11. The lowest BCUT2D eigenvalue weighted by molar-refractivity contribution is 0.666. The number of benzene rings is 9. The fourth-order valence-electron chi connectivity index (χ4n) is 8.61. The van der Waals surface area contributed by atoms with Crippen LogP contribution < -0.4 is 0 Å². The predicted octanol–water partition coefficient (Wildman–Crippen LogP) is 14.9. The van der Waals surface area contributed by atoms with E-state index in [1.165, 1.54) is 9.13 Å². The topological polar surface area (TPSA) is 74.8 Å². The minimum Gasteiger partial charge on any atom is -0.456 e. The second-order valence-electron chi connectivity index (χ2n) is 14.6. The first kappa shape index (κ1) is 19.5. The zero-order valence-electron chi connectivity index (χ0n) is 55.3. The third-order valence-corrected chi connectivity index (χ3v) is 11.2. The Morgan fingerprint density at radius 2 is 1.00 bits per heavy atom. The molecule has 0 unspecified atom stereocenters. The lowest BCUT2D eigenvalue weighted by Crippen LogP contribution is -2.07. The minimum atomic E-state index is -0.800. The summed E-state index contributed by atoms with van der Waals surface area (Å²) >= 11 is 0. The summed E-state index contributed by atoms with van der Waals surface area (Å²) in [7, 11) is 0. The van der Waals surface area contributed by atoms with Gasteiger partial charge in [0.05, 0.1) is 59.3 Å². The van der Waals surface area contributed by atoms with Crippen LogP contribution in [-0.4, -0.2) is 24.1 Å². The number of nitrogens with zero attached hydrogens (tertiary/aromatic N) is 5. The molecule has 5 aromatic heterocycles. The largest absolute Gasteiger partial charge is 0.456 e. The van der Waals surface area contributed by atoms with E-state index < -0.39 is 196 Å². The molecule has 5 heterocycles. The van der Waals surface area contributed by atoms with E-state index in [-0.39, 0.29) is 43.8 Å². The van der Waals surface area contributed by atoms with Gasteiger partial charge in [-0.1, -0.05) is 157 Å². The summed E-state index contributed by atoms with van der Waals surface area (Å²) < 4.78 is 222. The molecule has 0 fully saturated rings. The van der Waals surface area contributed by atoms with Gasteiger partial charge in [0.25, 0.3) is 0 Å². The Kier molecular flexibility index (Phi) is 4.06. The van der Waals surface area contributed by atoms with Crippen molar-refractivity contribution < 1.29 is 40.4 Å². The first-order chi connectivity index (χ1) is 41.3. The maximum Gasteiger partial charge on any atom is 0.238 e. The van der Waals surface area contributed by atoms with Gasteiger partial charge in [-0.3, -0.25) is 4.57 Å². The zero-order chi connectivity index (χ0) is 61.9. The van der Waals surface area contributed by atoms with Crippen molar-refractivity contribution in [1.82, 2.24) is 24.1 Å². The molecule has 0 spiro atoms. The number of para-hydroxylation sites is 4. The van der Waals surface area contributed by atoms with Crippen molar-refractivity contribution in [2.24, 2.45) is 0 Å². The van der Waals surface area contributed by atoms with Crippen molar-refractivity contribution in [3.05, 3.63) is 200 Å². The molecule has 0 aliphatic carbocycles. The maximum absolute atomic E-state index is 10.3. The van der Waals surface area contributed by atoms with Crippen LogP contribution in [-0.2, 0) is 0 Å². The second-order valence-corrected chi connectivity index (χ2v) is 14.6. The van der Waals surface area contributed by atoms with Crippen LogP contribution in [0.4, 0.5) is 0 Å². The monoisotopic (exact) mass is 842 g/mol. The highest BCUT2D eigenvalue weighted by molar-refractivity contribution is 6.24. The Hall–Kier alpha value is -8.81. The molecule has 0 aliphatic heterocycles. The van der Waals surface area contributed by atoms with Gasteiger partial charge in [0.1, 0.15) is 16.7 Å².